The van der Waals surface area contributed by atoms with Gasteiger partial charge in [0.25, 0.3) is 5.69 Å². The third-order valence-corrected chi connectivity index (χ3v) is 7.42. The lowest BCUT2D eigenvalue weighted by atomic mass is 9.81. The van der Waals surface area contributed by atoms with Gasteiger partial charge < -0.3 is 9.64 Å². The zero-order valence-electron chi connectivity index (χ0n) is 18.7. The van der Waals surface area contributed by atoms with Crippen molar-refractivity contribution in [2.24, 2.45) is 0 Å². The Morgan fingerprint density at radius 3 is 2.56 bits per heavy atom. The molecule has 0 amide bonds. The summed E-state index contributed by atoms with van der Waals surface area (Å²) in [5.41, 5.74) is 4.03. The van der Waals surface area contributed by atoms with Crippen LogP contribution in [0.15, 0.2) is 42.5 Å². The number of likely N-dealkylation sites (tertiary alicyclic amines) is 1. The molecule has 0 saturated carbocycles. The average Bonchev–Trinajstić information content (AvgIpc) is 3.31. The van der Waals surface area contributed by atoms with Gasteiger partial charge in [-0.3, -0.25) is 15.0 Å². The number of hydrogen-bond donors (Lipinski definition) is 0. The maximum atomic E-state index is 11.1. The molecule has 0 radical (unpaired) electrons. The molecule has 5 rings (SSSR count). The van der Waals surface area contributed by atoms with Gasteiger partial charge in [-0.25, -0.2) is 0 Å². The molecule has 2 fully saturated rings. The molecule has 6 heteroatoms. The van der Waals surface area contributed by atoms with E-state index in [1.165, 1.54) is 56.3 Å². The first kappa shape index (κ1) is 21.4. The zero-order chi connectivity index (χ0) is 21.9. The highest BCUT2D eigenvalue weighted by Gasteiger charge is 2.36. The fraction of sp³-hybridized carbons (Fsp3) is 0.538. The van der Waals surface area contributed by atoms with Crippen LogP contribution in [0.4, 0.5) is 5.69 Å². The maximum Gasteiger partial charge on any atom is 0.269 e. The van der Waals surface area contributed by atoms with Crippen LogP contribution in [0, 0.1) is 10.1 Å². The summed E-state index contributed by atoms with van der Waals surface area (Å²) in [5, 5.41) is 11.1. The van der Waals surface area contributed by atoms with Crippen LogP contribution in [0.5, 0.6) is 5.75 Å². The minimum Gasteiger partial charge on any atom is -0.494 e. The van der Waals surface area contributed by atoms with Crippen molar-refractivity contribution >= 4 is 5.69 Å². The van der Waals surface area contributed by atoms with Crippen molar-refractivity contribution < 1.29 is 9.66 Å². The van der Waals surface area contributed by atoms with E-state index in [1.54, 1.807) is 12.1 Å². The van der Waals surface area contributed by atoms with Crippen molar-refractivity contribution in [1.82, 2.24) is 9.80 Å². The van der Waals surface area contributed by atoms with Crippen LogP contribution in [0.1, 0.15) is 67.2 Å². The maximum absolute atomic E-state index is 11.1. The number of nitro groups is 1. The molecule has 2 atom stereocenters. The van der Waals surface area contributed by atoms with E-state index in [-0.39, 0.29) is 16.5 Å². The smallest absolute Gasteiger partial charge is 0.269 e. The fourth-order valence-corrected chi connectivity index (χ4v) is 5.75. The summed E-state index contributed by atoms with van der Waals surface area (Å²) < 4.78 is 6.17. The summed E-state index contributed by atoms with van der Waals surface area (Å²) in [6.45, 7) is 6.46. The van der Waals surface area contributed by atoms with Gasteiger partial charge >= 0.3 is 0 Å². The van der Waals surface area contributed by atoms with Gasteiger partial charge in [-0.15, -0.1) is 0 Å². The molecule has 0 spiro atoms. The number of benzene rings is 2. The molecule has 0 unspecified atom stereocenters. The molecule has 3 aliphatic heterocycles. The van der Waals surface area contributed by atoms with Gasteiger partial charge in [0.1, 0.15) is 5.75 Å². The minimum atomic E-state index is -0.329. The second-order valence-electron chi connectivity index (χ2n) is 9.45. The first-order valence-electron chi connectivity index (χ1n) is 12.2. The number of nitro benzene ring substituents is 1. The Balaban J connectivity index is 1.30. The predicted octanol–water partition coefficient (Wildman–Crippen LogP) is 5.13. The second-order valence-corrected chi connectivity index (χ2v) is 9.45. The Labute approximate surface area is 190 Å². The van der Waals surface area contributed by atoms with E-state index >= 15 is 0 Å². The van der Waals surface area contributed by atoms with Crippen molar-refractivity contribution in [1.29, 1.82) is 0 Å². The molecule has 0 N–H and O–H groups in total. The van der Waals surface area contributed by atoms with Gasteiger partial charge in [0.2, 0.25) is 0 Å². The van der Waals surface area contributed by atoms with Crippen LogP contribution in [-0.2, 0) is 0 Å². The van der Waals surface area contributed by atoms with Crippen molar-refractivity contribution in [2.75, 3.05) is 39.3 Å². The number of piperidine rings is 1. The van der Waals surface area contributed by atoms with E-state index in [2.05, 4.69) is 28.0 Å². The molecule has 2 aromatic rings. The molecule has 2 saturated heterocycles. The molecule has 6 nitrogen and oxygen atoms in total. The van der Waals surface area contributed by atoms with Gasteiger partial charge in [0.15, 0.2) is 0 Å². The van der Waals surface area contributed by atoms with E-state index in [1.807, 2.05) is 12.1 Å². The molecule has 0 aromatic heterocycles. The lowest BCUT2D eigenvalue weighted by molar-refractivity contribution is -0.384. The van der Waals surface area contributed by atoms with Gasteiger partial charge in [-0.1, -0.05) is 24.6 Å². The lowest BCUT2D eigenvalue weighted by Gasteiger charge is -2.37. The van der Waals surface area contributed by atoms with E-state index in [0.717, 1.165) is 44.0 Å². The zero-order valence-corrected chi connectivity index (χ0v) is 18.7. The molecule has 3 heterocycles. The van der Waals surface area contributed by atoms with Gasteiger partial charge in [0, 0.05) is 37.2 Å². The molecular formula is C26H33N3O3. The molecule has 32 heavy (non-hydrogen) atoms. The summed E-state index contributed by atoms with van der Waals surface area (Å²) >= 11 is 0. The second kappa shape index (κ2) is 9.59. The standard InChI is InChI=1S/C26H33N3O3/c30-29(31)21-9-7-20(8-10-21)25-19-28-16-4-6-26(28)24-18-22(11-12-23(24)25)32-17-5-15-27-13-2-1-3-14-27/h7-12,18,25-26H,1-6,13-17,19H2/t25-,26-/m1/s1. The summed E-state index contributed by atoms with van der Waals surface area (Å²) in [5.74, 6) is 1.21. The van der Waals surface area contributed by atoms with Crippen LogP contribution in [0.3, 0.4) is 0 Å². The summed E-state index contributed by atoms with van der Waals surface area (Å²) in [4.78, 5) is 15.9. The van der Waals surface area contributed by atoms with E-state index in [4.69, 9.17) is 4.74 Å². The quantitative estimate of drug-likeness (QED) is 0.343. The third kappa shape index (κ3) is 4.52. The highest BCUT2D eigenvalue weighted by Crippen LogP contribution is 2.45. The Hall–Kier alpha value is -2.44. The Kier molecular flexibility index (Phi) is 6.42. The molecule has 2 aromatic carbocycles. The van der Waals surface area contributed by atoms with Crippen molar-refractivity contribution in [3.8, 4) is 5.75 Å². The Bertz CT molecular complexity index is 940. The number of rotatable bonds is 7. The van der Waals surface area contributed by atoms with Gasteiger partial charge in [0.05, 0.1) is 11.5 Å². The van der Waals surface area contributed by atoms with Crippen LogP contribution < -0.4 is 4.74 Å². The fourth-order valence-electron chi connectivity index (χ4n) is 5.75. The summed E-state index contributed by atoms with van der Waals surface area (Å²) in [7, 11) is 0. The predicted molar refractivity (Wildman–Crippen MR) is 125 cm³/mol. The largest absolute Gasteiger partial charge is 0.494 e. The highest BCUT2D eigenvalue weighted by atomic mass is 16.6. The van der Waals surface area contributed by atoms with Gasteiger partial charge in [-0.05, 0) is 80.6 Å². The number of ether oxygens (including phenoxy) is 1. The average molecular weight is 436 g/mol. The van der Waals surface area contributed by atoms with Crippen LogP contribution in [0.2, 0.25) is 0 Å². The van der Waals surface area contributed by atoms with Gasteiger partial charge in [-0.2, -0.15) is 0 Å². The van der Waals surface area contributed by atoms with E-state index in [0.29, 0.717) is 6.04 Å². The summed E-state index contributed by atoms with van der Waals surface area (Å²) in [6.07, 6.45) is 7.52. The molecule has 0 bridgehead atoms. The van der Waals surface area contributed by atoms with Crippen molar-refractivity contribution in [3.05, 3.63) is 69.3 Å². The normalized spacial score (nSPS) is 23.5. The van der Waals surface area contributed by atoms with Crippen LogP contribution >= 0.6 is 0 Å². The minimum absolute atomic E-state index is 0.150. The van der Waals surface area contributed by atoms with Crippen molar-refractivity contribution in [3.63, 3.8) is 0 Å². The van der Waals surface area contributed by atoms with Crippen LogP contribution in [0.25, 0.3) is 0 Å². The first-order valence-corrected chi connectivity index (χ1v) is 12.2. The SMILES string of the molecule is O=[N+]([O-])c1ccc([C@H]2CN3CCC[C@@H]3c3cc(OCCCN4CCCCC4)ccc32)cc1. The lowest BCUT2D eigenvalue weighted by Crippen LogP contribution is -2.34. The topological polar surface area (TPSA) is 58.9 Å². The monoisotopic (exact) mass is 435 g/mol. The van der Waals surface area contributed by atoms with E-state index < -0.39 is 0 Å². The van der Waals surface area contributed by atoms with E-state index in [9.17, 15) is 10.1 Å². The Morgan fingerprint density at radius 1 is 0.969 bits per heavy atom. The molecule has 0 aliphatic carbocycles. The number of hydrogen-bond acceptors (Lipinski definition) is 5. The number of non-ortho nitro benzene ring substituents is 1. The third-order valence-electron chi connectivity index (χ3n) is 7.42. The Morgan fingerprint density at radius 2 is 1.78 bits per heavy atom. The van der Waals surface area contributed by atoms with Crippen molar-refractivity contribution in [2.45, 2.75) is 50.5 Å². The molecular weight excluding hydrogens is 402 g/mol. The van der Waals surface area contributed by atoms with Crippen LogP contribution in [-0.4, -0.2) is 54.1 Å². The molecule has 170 valence electrons. The number of nitrogens with zero attached hydrogens (tertiary/aromatic N) is 3. The first-order chi connectivity index (χ1) is 15.7. The number of fused-ring (bicyclic) bond motifs is 3. The highest BCUT2D eigenvalue weighted by molar-refractivity contribution is 5.47. The molecule has 3 aliphatic rings. The summed E-state index contributed by atoms with van der Waals surface area (Å²) in [6, 6.07) is 14.2.